The first kappa shape index (κ1) is 18.9. The van der Waals surface area contributed by atoms with Gasteiger partial charge in [-0.15, -0.1) is 0 Å². The SMILES string of the molecule is O=C1CCN(C(=O)c2cnn(-c3ccccc3)c2)CCN1Cc1ccccc1F. The molecule has 148 valence electrons. The van der Waals surface area contributed by atoms with Crippen molar-refractivity contribution in [1.29, 1.82) is 0 Å². The molecule has 3 aromatic rings. The Morgan fingerprint density at radius 2 is 1.76 bits per heavy atom. The molecule has 0 N–H and O–H groups in total. The second-order valence-electron chi connectivity index (χ2n) is 6.96. The highest BCUT2D eigenvalue weighted by Crippen LogP contribution is 2.15. The Kier molecular flexibility index (Phi) is 5.37. The fourth-order valence-corrected chi connectivity index (χ4v) is 3.41. The van der Waals surface area contributed by atoms with Gasteiger partial charge in [0, 0.05) is 44.4 Å². The van der Waals surface area contributed by atoms with Crippen LogP contribution in [0.3, 0.4) is 0 Å². The van der Waals surface area contributed by atoms with Gasteiger partial charge in [0.05, 0.1) is 17.4 Å². The van der Waals surface area contributed by atoms with Crippen LogP contribution in [0.25, 0.3) is 5.69 Å². The van der Waals surface area contributed by atoms with Gasteiger partial charge in [0.2, 0.25) is 5.91 Å². The summed E-state index contributed by atoms with van der Waals surface area (Å²) in [6.45, 7) is 1.31. The van der Waals surface area contributed by atoms with E-state index in [1.165, 1.54) is 6.07 Å². The van der Waals surface area contributed by atoms with E-state index < -0.39 is 0 Å². The summed E-state index contributed by atoms with van der Waals surface area (Å²) in [4.78, 5) is 28.6. The van der Waals surface area contributed by atoms with Crippen molar-refractivity contribution in [2.24, 2.45) is 0 Å². The molecule has 0 saturated carbocycles. The lowest BCUT2D eigenvalue weighted by Crippen LogP contribution is -2.35. The molecule has 2 aromatic carbocycles. The number of carbonyl (C=O) groups excluding carboxylic acids is 2. The van der Waals surface area contributed by atoms with E-state index in [0.29, 0.717) is 30.8 Å². The number of rotatable bonds is 4. The molecule has 29 heavy (non-hydrogen) atoms. The quantitative estimate of drug-likeness (QED) is 0.686. The number of hydrogen-bond donors (Lipinski definition) is 0. The lowest BCUT2D eigenvalue weighted by Gasteiger charge is -2.22. The minimum absolute atomic E-state index is 0.0801. The Morgan fingerprint density at radius 1 is 1.00 bits per heavy atom. The Morgan fingerprint density at radius 3 is 2.55 bits per heavy atom. The van der Waals surface area contributed by atoms with E-state index in [1.807, 2.05) is 30.3 Å². The number of carbonyl (C=O) groups is 2. The van der Waals surface area contributed by atoms with E-state index in [-0.39, 0.29) is 30.6 Å². The molecule has 7 heteroatoms. The van der Waals surface area contributed by atoms with Gasteiger partial charge in [-0.1, -0.05) is 36.4 Å². The highest BCUT2D eigenvalue weighted by Gasteiger charge is 2.25. The number of amides is 2. The van der Waals surface area contributed by atoms with Crippen LogP contribution < -0.4 is 0 Å². The molecule has 2 heterocycles. The van der Waals surface area contributed by atoms with Crippen molar-refractivity contribution in [1.82, 2.24) is 19.6 Å². The average Bonchev–Trinajstić information content (AvgIpc) is 3.17. The molecule has 0 radical (unpaired) electrons. The van der Waals surface area contributed by atoms with E-state index in [0.717, 1.165) is 5.69 Å². The normalized spacial score (nSPS) is 14.7. The third-order valence-electron chi connectivity index (χ3n) is 5.04. The molecule has 1 saturated heterocycles. The molecule has 0 aliphatic carbocycles. The second kappa shape index (κ2) is 8.26. The molecule has 0 unspecified atom stereocenters. The van der Waals surface area contributed by atoms with Gasteiger partial charge in [-0.05, 0) is 18.2 Å². The summed E-state index contributed by atoms with van der Waals surface area (Å²) >= 11 is 0. The van der Waals surface area contributed by atoms with Gasteiger partial charge in [-0.25, -0.2) is 9.07 Å². The third-order valence-corrected chi connectivity index (χ3v) is 5.04. The third kappa shape index (κ3) is 4.18. The minimum Gasteiger partial charge on any atom is -0.336 e. The van der Waals surface area contributed by atoms with Crippen molar-refractivity contribution in [2.45, 2.75) is 13.0 Å². The van der Waals surface area contributed by atoms with Crippen LogP contribution in [0.4, 0.5) is 4.39 Å². The highest BCUT2D eigenvalue weighted by molar-refractivity contribution is 5.94. The van der Waals surface area contributed by atoms with Gasteiger partial charge in [0.25, 0.3) is 5.91 Å². The fraction of sp³-hybridized carbons (Fsp3) is 0.227. The zero-order valence-electron chi connectivity index (χ0n) is 15.9. The van der Waals surface area contributed by atoms with Gasteiger partial charge in [0.1, 0.15) is 5.82 Å². The molecule has 1 aliphatic rings. The number of benzene rings is 2. The summed E-state index contributed by atoms with van der Waals surface area (Å²) in [5.74, 6) is -0.568. The van der Waals surface area contributed by atoms with Crippen LogP contribution in [-0.2, 0) is 11.3 Å². The zero-order valence-corrected chi connectivity index (χ0v) is 15.9. The lowest BCUT2D eigenvalue weighted by molar-refractivity contribution is -0.130. The molecule has 1 aromatic heterocycles. The van der Waals surface area contributed by atoms with Crippen molar-refractivity contribution in [3.8, 4) is 5.69 Å². The number of aromatic nitrogens is 2. The number of nitrogens with zero attached hydrogens (tertiary/aromatic N) is 4. The van der Waals surface area contributed by atoms with Gasteiger partial charge in [-0.2, -0.15) is 5.10 Å². The Balaban J connectivity index is 1.44. The summed E-state index contributed by atoms with van der Waals surface area (Å²) in [6.07, 6.45) is 3.45. The van der Waals surface area contributed by atoms with Gasteiger partial charge >= 0.3 is 0 Å². The molecule has 0 atom stereocenters. The van der Waals surface area contributed by atoms with Crippen molar-refractivity contribution < 1.29 is 14.0 Å². The summed E-state index contributed by atoms with van der Waals surface area (Å²) < 4.78 is 15.6. The number of hydrogen-bond acceptors (Lipinski definition) is 3. The van der Waals surface area contributed by atoms with E-state index >= 15 is 0 Å². The molecular formula is C22H21FN4O2. The van der Waals surface area contributed by atoms with Crippen molar-refractivity contribution in [2.75, 3.05) is 19.6 Å². The fourth-order valence-electron chi connectivity index (χ4n) is 3.41. The number of para-hydroxylation sites is 1. The molecule has 1 fully saturated rings. The highest BCUT2D eigenvalue weighted by atomic mass is 19.1. The van der Waals surface area contributed by atoms with E-state index in [1.54, 1.807) is 45.1 Å². The van der Waals surface area contributed by atoms with Crippen LogP contribution >= 0.6 is 0 Å². The van der Waals surface area contributed by atoms with E-state index in [4.69, 9.17) is 0 Å². The average molecular weight is 392 g/mol. The molecule has 4 rings (SSSR count). The van der Waals surface area contributed by atoms with Crippen LogP contribution in [-0.4, -0.2) is 51.0 Å². The molecule has 0 spiro atoms. The first-order valence-corrected chi connectivity index (χ1v) is 9.52. The van der Waals surface area contributed by atoms with Gasteiger partial charge in [0.15, 0.2) is 0 Å². The monoisotopic (exact) mass is 392 g/mol. The van der Waals surface area contributed by atoms with Gasteiger partial charge in [-0.3, -0.25) is 9.59 Å². The second-order valence-corrected chi connectivity index (χ2v) is 6.96. The smallest absolute Gasteiger partial charge is 0.257 e. The molecule has 1 aliphatic heterocycles. The summed E-state index contributed by atoms with van der Waals surface area (Å²) in [6, 6.07) is 16.0. The Bertz CT molecular complexity index is 1020. The maximum atomic E-state index is 13.9. The van der Waals surface area contributed by atoms with Crippen LogP contribution in [0, 0.1) is 5.82 Å². The maximum absolute atomic E-state index is 13.9. The van der Waals surface area contributed by atoms with E-state index in [9.17, 15) is 14.0 Å². The summed E-state index contributed by atoms with van der Waals surface area (Å²) in [7, 11) is 0. The predicted octanol–water partition coefficient (Wildman–Crippen LogP) is 2.89. The van der Waals surface area contributed by atoms with Crippen molar-refractivity contribution >= 4 is 11.8 Å². The van der Waals surface area contributed by atoms with Crippen molar-refractivity contribution in [3.05, 3.63) is 83.9 Å². The standard InChI is InChI=1S/C22H21FN4O2/c23-20-9-5-4-6-17(20)15-26-13-12-25(11-10-21(26)28)22(29)18-14-24-27(16-18)19-7-2-1-3-8-19/h1-9,14,16H,10-13,15H2. The molecule has 0 bridgehead atoms. The molecule has 6 nitrogen and oxygen atoms in total. The van der Waals surface area contributed by atoms with Crippen LogP contribution in [0.2, 0.25) is 0 Å². The first-order valence-electron chi connectivity index (χ1n) is 9.52. The minimum atomic E-state index is -0.328. The van der Waals surface area contributed by atoms with Gasteiger partial charge < -0.3 is 9.80 Å². The van der Waals surface area contributed by atoms with Crippen LogP contribution in [0.5, 0.6) is 0 Å². The zero-order chi connectivity index (χ0) is 20.2. The number of halogens is 1. The Hall–Kier alpha value is -3.48. The van der Waals surface area contributed by atoms with Crippen LogP contribution in [0.15, 0.2) is 67.0 Å². The van der Waals surface area contributed by atoms with Crippen LogP contribution in [0.1, 0.15) is 22.3 Å². The maximum Gasteiger partial charge on any atom is 0.257 e. The van der Waals surface area contributed by atoms with E-state index in [2.05, 4.69) is 5.10 Å². The molecule has 2 amide bonds. The lowest BCUT2D eigenvalue weighted by atomic mass is 10.2. The molecular weight excluding hydrogens is 371 g/mol. The van der Waals surface area contributed by atoms with Crippen molar-refractivity contribution in [3.63, 3.8) is 0 Å². The topological polar surface area (TPSA) is 58.4 Å². The predicted molar refractivity (Wildman–Crippen MR) is 106 cm³/mol. The first-order chi connectivity index (χ1) is 14.1. The summed E-state index contributed by atoms with van der Waals surface area (Å²) in [5, 5.41) is 4.27. The summed E-state index contributed by atoms with van der Waals surface area (Å²) in [5.41, 5.74) is 1.82. The Labute approximate surface area is 168 Å². The largest absolute Gasteiger partial charge is 0.336 e.